The van der Waals surface area contributed by atoms with Crippen LogP contribution in [0.2, 0.25) is 0 Å². The van der Waals surface area contributed by atoms with E-state index < -0.39 is 30.1 Å². The first kappa shape index (κ1) is 30.3. The smallest absolute Gasteiger partial charge is 0.337 e. The zero-order valence-electron chi connectivity index (χ0n) is 23.8. The average Bonchev–Trinajstić information content (AvgIpc) is 3.01. The van der Waals surface area contributed by atoms with Gasteiger partial charge in [-0.25, -0.2) is 14.4 Å². The van der Waals surface area contributed by atoms with Crippen LogP contribution < -0.4 is 5.32 Å². The summed E-state index contributed by atoms with van der Waals surface area (Å²) in [5.41, 5.74) is 2.47. The molecule has 2 N–H and O–H groups in total. The van der Waals surface area contributed by atoms with Gasteiger partial charge in [0, 0.05) is 12.5 Å². The largest absolute Gasteiger partial charge is 0.459 e. The number of hydrogen-bond acceptors (Lipinski definition) is 6. The van der Waals surface area contributed by atoms with Crippen molar-refractivity contribution in [3.05, 3.63) is 120 Å². The second-order valence-corrected chi connectivity index (χ2v) is 10.3. The van der Waals surface area contributed by atoms with Gasteiger partial charge in [-0.15, -0.1) is 0 Å². The highest BCUT2D eigenvalue weighted by Crippen LogP contribution is 2.20. The number of carbonyl (C=O) groups is 3. The standard InChI is InChI=1S/C34H36N2O6/c1-24(2)36(21-31(37)33(39)42-23-26-14-7-4-8-15-26)34(40)35-30(32(38)41-22-25-12-5-3-6-13-25)20-28-18-11-17-27-16-9-10-19-29(27)28/h3-19,24,30-31,37H,20-23H2,1-2H3,(H,35,40). The zero-order valence-corrected chi connectivity index (χ0v) is 23.8. The summed E-state index contributed by atoms with van der Waals surface area (Å²) < 4.78 is 10.9. The summed E-state index contributed by atoms with van der Waals surface area (Å²) >= 11 is 0. The number of aliphatic hydroxyl groups excluding tert-OH is 1. The van der Waals surface area contributed by atoms with Crippen LogP contribution >= 0.6 is 0 Å². The first-order chi connectivity index (χ1) is 20.3. The highest BCUT2D eigenvalue weighted by Gasteiger charge is 2.30. The first-order valence-corrected chi connectivity index (χ1v) is 13.9. The predicted molar refractivity (Wildman–Crippen MR) is 160 cm³/mol. The van der Waals surface area contributed by atoms with Crippen LogP contribution in [0.1, 0.15) is 30.5 Å². The minimum absolute atomic E-state index is 0.00493. The molecular formula is C34H36N2O6. The number of rotatable bonds is 12. The number of hydrogen-bond donors (Lipinski definition) is 2. The predicted octanol–water partition coefficient (Wildman–Crippen LogP) is 5.02. The summed E-state index contributed by atoms with van der Waals surface area (Å²) in [6, 6.07) is 30.0. The first-order valence-electron chi connectivity index (χ1n) is 13.9. The number of amides is 2. The minimum Gasteiger partial charge on any atom is -0.459 e. The third kappa shape index (κ3) is 8.41. The lowest BCUT2D eigenvalue weighted by molar-refractivity contribution is -0.155. The Labute approximate surface area is 245 Å². The van der Waals surface area contributed by atoms with E-state index in [-0.39, 0.29) is 32.2 Å². The summed E-state index contributed by atoms with van der Waals surface area (Å²) in [6.07, 6.45) is -1.38. The van der Waals surface area contributed by atoms with Crippen molar-refractivity contribution >= 4 is 28.7 Å². The van der Waals surface area contributed by atoms with Gasteiger partial charge in [0.05, 0.1) is 6.54 Å². The molecule has 0 saturated heterocycles. The molecule has 0 aliphatic carbocycles. The summed E-state index contributed by atoms with van der Waals surface area (Å²) in [7, 11) is 0. The lowest BCUT2D eigenvalue weighted by atomic mass is 9.99. The molecule has 0 saturated carbocycles. The van der Waals surface area contributed by atoms with Crippen molar-refractivity contribution in [2.45, 2.75) is 51.7 Å². The van der Waals surface area contributed by atoms with E-state index >= 15 is 0 Å². The van der Waals surface area contributed by atoms with E-state index in [2.05, 4.69) is 5.32 Å². The molecule has 0 fully saturated rings. The topological polar surface area (TPSA) is 105 Å². The van der Waals surface area contributed by atoms with Crippen LogP contribution in [0.4, 0.5) is 4.79 Å². The molecule has 4 aromatic carbocycles. The second kappa shape index (κ2) is 14.8. The van der Waals surface area contributed by atoms with E-state index in [1.54, 1.807) is 26.0 Å². The Bertz CT molecular complexity index is 1470. The fraction of sp³-hybridized carbons (Fsp3) is 0.265. The van der Waals surface area contributed by atoms with E-state index in [1.807, 2.05) is 91.0 Å². The number of nitrogens with one attached hydrogen (secondary N) is 1. The molecule has 8 nitrogen and oxygen atoms in total. The van der Waals surface area contributed by atoms with Gasteiger partial charge in [0.2, 0.25) is 0 Å². The number of esters is 2. The highest BCUT2D eigenvalue weighted by molar-refractivity contribution is 5.88. The number of benzene rings is 4. The molecule has 2 amide bonds. The van der Waals surface area contributed by atoms with Crippen molar-refractivity contribution in [2.75, 3.05) is 6.54 Å². The van der Waals surface area contributed by atoms with Crippen molar-refractivity contribution in [3.63, 3.8) is 0 Å². The molecule has 2 unspecified atom stereocenters. The Morgan fingerprint density at radius 3 is 1.90 bits per heavy atom. The fourth-order valence-electron chi connectivity index (χ4n) is 4.56. The normalized spacial score (nSPS) is 12.4. The fourth-order valence-corrected chi connectivity index (χ4v) is 4.56. The number of nitrogens with zero attached hydrogens (tertiary/aromatic N) is 1. The third-order valence-electron chi connectivity index (χ3n) is 6.86. The molecule has 0 bridgehead atoms. The van der Waals surface area contributed by atoms with Crippen molar-refractivity contribution < 1.29 is 29.0 Å². The van der Waals surface area contributed by atoms with E-state index in [4.69, 9.17) is 9.47 Å². The molecule has 0 radical (unpaired) electrons. The molecule has 8 heteroatoms. The number of urea groups is 1. The Balaban J connectivity index is 1.47. The minimum atomic E-state index is -1.57. The Morgan fingerprint density at radius 2 is 1.29 bits per heavy atom. The van der Waals surface area contributed by atoms with Gasteiger partial charge in [0.1, 0.15) is 19.3 Å². The maximum absolute atomic E-state index is 13.5. The number of fused-ring (bicyclic) bond motifs is 1. The van der Waals surface area contributed by atoms with Crippen LogP contribution in [0, 0.1) is 0 Å². The van der Waals surface area contributed by atoms with E-state index in [0.29, 0.717) is 0 Å². The number of carbonyl (C=O) groups excluding carboxylic acids is 3. The van der Waals surface area contributed by atoms with Crippen LogP contribution in [0.5, 0.6) is 0 Å². The molecule has 42 heavy (non-hydrogen) atoms. The zero-order chi connectivity index (χ0) is 29.9. The van der Waals surface area contributed by atoms with Gasteiger partial charge in [-0.2, -0.15) is 0 Å². The van der Waals surface area contributed by atoms with Gasteiger partial charge in [-0.05, 0) is 41.3 Å². The number of aliphatic hydroxyl groups is 1. The van der Waals surface area contributed by atoms with Crippen molar-refractivity contribution in [3.8, 4) is 0 Å². The monoisotopic (exact) mass is 568 g/mol. The summed E-state index contributed by atoms with van der Waals surface area (Å²) in [5.74, 6) is -1.43. The quantitative estimate of drug-likeness (QED) is 0.233. The Morgan fingerprint density at radius 1 is 0.738 bits per heavy atom. The van der Waals surface area contributed by atoms with Crippen molar-refractivity contribution in [2.24, 2.45) is 0 Å². The lowest BCUT2D eigenvalue weighted by Gasteiger charge is -2.30. The van der Waals surface area contributed by atoms with Crippen LogP contribution in [-0.4, -0.2) is 52.7 Å². The summed E-state index contributed by atoms with van der Waals surface area (Å²) in [5, 5.41) is 15.4. The van der Waals surface area contributed by atoms with Crippen molar-refractivity contribution in [1.82, 2.24) is 10.2 Å². The molecule has 4 aromatic rings. The molecule has 0 aromatic heterocycles. The lowest BCUT2D eigenvalue weighted by Crippen LogP contribution is -2.54. The Hall–Kier alpha value is -4.69. The molecule has 4 rings (SSSR count). The summed E-state index contributed by atoms with van der Waals surface area (Å²) in [4.78, 5) is 40.7. The molecular weight excluding hydrogens is 532 g/mol. The van der Waals surface area contributed by atoms with Gasteiger partial charge in [0.25, 0.3) is 0 Å². The molecule has 0 spiro atoms. The van der Waals surface area contributed by atoms with Crippen LogP contribution in [-0.2, 0) is 38.7 Å². The van der Waals surface area contributed by atoms with Crippen LogP contribution in [0.25, 0.3) is 10.8 Å². The van der Waals surface area contributed by atoms with E-state index in [0.717, 1.165) is 27.5 Å². The molecule has 0 heterocycles. The van der Waals surface area contributed by atoms with Crippen molar-refractivity contribution in [1.29, 1.82) is 0 Å². The van der Waals surface area contributed by atoms with Gasteiger partial charge in [-0.1, -0.05) is 103 Å². The third-order valence-corrected chi connectivity index (χ3v) is 6.86. The second-order valence-electron chi connectivity index (χ2n) is 10.3. The molecule has 218 valence electrons. The van der Waals surface area contributed by atoms with Crippen LogP contribution in [0.3, 0.4) is 0 Å². The van der Waals surface area contributed by atoms with E-state index in [9.17, 15) is 19.5 Å². The highest BCUT2D eigenvalue weighted by atomic mass is 16.5. The maximum Gasteiger partial charge on any atom is 0.337 e. The molecule has 0 aliphatic heterocycles. The number of ether oxygens (including phenoxy) is 2. The van der Waals surface area contributed by atoms with Gasteiger partial charge in [0.15, 0.2) is 6.10 Å². The maximum atomic E-state index is 13.5. The van der Waals surface area contributed by atoms with E-state index in [1.165, 1.54) is 4.90 Å². The van der Waals surface area contributed by atoms with Gasteiger partial charge < -0.3 is 24.8 Å². The van der Waals surface area contributed by atoms with Gasteiger partial charge in [-0.3, -0.25) is 0 Å². The Kier molecular flexibility index (Phi) is 10.7. The average molecular weight is 569 g/mol. The SMILES string of the molecule is CC(C)N(CC(O)C(=O)OCc1ccccc1)C(=O)NC(Cc1cccc2ccccc12)C(=O)OCc1ccccc1. The summed E-state index contributed by atoms with van der Waals surface area (Å²) in [6.45, 7) is 3.27. The molecule has 0 aliphatic rings. The van der Waals surface area contributed by atoms with Crippen LogP contribution in [0.15, 0.2) is 103 Å². The molecule has 2 atom stereocenters. The van der Waals surface area contributed by atoms with Gasteiger partial charge >= 0.3 is 18.0 Å².